The molecule has 0 atom stereocenters. The summed E-state index contributed by atoms with van der Waals surface area (Å²) >= 11 is 9.05. The van der Waals surface area contributed by atoms with Crippen molar-refractivity contribution in [2.75, 3.05) is 11.9 Å². The normalized spacial score (nSPS) is 10.1. The number of carboxylic acid groups (broad SMARTS) is 1. The monoisotopic (exact) mass is 383 g/mol. The quantitative estimate of drug-likeness (QED) is 0.822. The maximum Gasteiger partial charge on any atom is 0.337 e. The molecule has 0 fully saturated rings. The molecule has 22 heavy (non-hydrogen) atoms. The predicted octanol–water partition coefficient (Wildman–Crippen LogP) is 3.82. The molecule has 0 radical (unpaired) electrons. The summed E-state index contributed by atoms with van der Waals surface area (Å²) in [6.07, 6.45) is 0. The molecule has 0 aromatic heterocycles. The second-order valence-electron chi connectivity index (χ2n) is 4.29. The lowest BCUT2D eigenvalue weighted by Gasteiger charge is -2.10. The van der Waals surface area contributed by atoms with Crippen molar-refractivity contribution < 1.29 is 19.4 Å². The van der Waals surface area contributed by atoms with Gasteiger partial charge in [0.15, 0.2) is 6.61 Å². The van der Waals surface area contributed by atoms with Gasteiger partial charge in [-0.1, -0.05) is 33.6 Å². The maximum atomic E-state index is 11.9. The van der Waals surface area contributed by atoms with Crippen molar-refractivity contribution >= 4 is 45.1 Å². The highest BCUT2D eigenvalue weighted by Gasteiger charge is 2.13. The van der Waals surface area contributed by atoms with Crippen molar-refractivity contribution in [3.8, 4) is 5.75 Å². The Morgan fingerprint density at radius 2 is 2.00 bits per heavy atom. The van der Waals surface area contributed by atoms with Crippen LogP contribution in [-0.4, -0.2) is 23.6 Å². The molecule has 0 spiro atoms. The third kappa shape index (κ3) is 4.47. The summed E-state index contributed by atoms with van der Waals surface area (Å²) in [5.41, 5.74) is 0.0862. The van der Waals surface area contributed by atoms with E-state index < -0.39 is 11.9 Å². The average molecular weight is 385 g/mol. The Morgan fingerprint density at radius 1 is 1.23 bits per heavy atom. The van der Waals surface area contributed by atoms with Crippen LogP contribution in [0.5, 0.6) is 5.75 Å². The fraction of sp³-hybridized carbons (Fsp3) is 0.0667. The van der Waals surface area contributed by atoms with E-state index >= 15 is 0 Å². The Labute approximate surface area is 140 Å². The summed E-state index contributed by atoms with van der Waals surface area (Å²) in [6.45, 7) is -0.238. The van der Waals surface area contributed by atoms with E-state index in [0.717, 1.165) is 4.47 Å². The molecule has 0 saturated heterocycles. The number of nitrogens with one attached hydrogen (secondary N) is 1. The first kappa shape index (κ1) is 16.3. The summed E-state index contributed by atoms with van der Waals surface area (Å²) in [5.74, 6) is -1.12. The second kappa shape index (κ2) is 7.29. The van der Waals surface area contributed by atoms with Crippen LogP contribution in [0.3, 0.4) is 0 Å². The predicted molar refractivity (Wildman–Crippen MR) is 86.7 cm³/mol. The zero-order valence-corrected chi connectivity index (χ0v) is 13.5. The van der Waals surface area contributed by atoms with Crippen LogP contribution >= 0.6 is 27.5 Å². The van der Waals surface area contributed by atoms with E-state index in [1.807, 2.05) is 6.07 Å². The van der Waals surface area contributed by atoms with Gasteiger partial charge >= 0.3 is 5.97 Å². The molecule has 0 saturated carbocycles. The molecule has 7 heteroatoms. The Kier molecular flexibility index (Phi) is 5.41. The Bertz CT molecular complexity index is 720. The van der Waals surface area contributed by atoms with E-state index in [1.165, 1.54) is 18.2 Å². The van der Waals surface area contributed by atoms with Crippen LogP contribution in [0.15, 0.2) is 46.9 Å². The summed E-state index contributed by atoms with van der Waals surface area (Å²) in [4.78, 5) is 23.0. The molecule has 2 aromatic carbocycles. The standard InChI is InChI=1S/C15H11BrClNO4/c16-9-2-1-3-11(6-9)22-8-14(19)18-13-5-4-10(17)7-12(13)15(20)21/h1-7H,8H2,(H,18,19)(H,20,21). The Balaban J connectivity index is 2.02. The van der Waals surface area contributed by atoms with Gasteiger partial charge in [0, 0.05) is 9.50 Å². The molecule has 0 bridgehead atoms. The first-order valence-corrected chi connectivity index (χ1v) is 7.34. The third-order valence-corrected chi connectivity index (χ3v) is 3.38. The molecule has 114 valence electrons. The number of halogens is 2. The van der Waals surface area contributed by atoms with Crippen LogP contribution in [0, 0.1) is 0 Å². The lowest BCUT2D eigenvalue weighted by atomic mass is 10.2. The van der Waals surface area contributed by atoms with Gasteiger partial charge in [-0.05, 0) is 36.4 Å². The largest absolute Gasteiger partial charge is 0.484 e. The van der Waals surface area contributed by atoms with Gasteiger partial charge in [0.05, 0.1) is 11.3 Å². The smallest absolute Gasteiger partial charge is 0.337 e. The molecule has 0 aliphatic carbocycles. The van der Waals surface area contributed by atoms with Gasteiger partial charge in [0.2, 0.25) is 0 Å². The maximum absolute atomic E-state index is 11.9. The number of rotatable bonds is 5. The van der Waals surface area contributed by atoms with Crippen molar-refractivity contribution in [1.29, 1.82) is 0 Å². The zero-order valence-electron chi connectivity index (χ0n) is 11.2. The number of aromatic carboxylic acids is 1. The number of hydrogen-bond acceptors (Lipinski definition) is 3. The number of amides is 1. The van der Waals surface area contributed by atoms with Crippen LogP contribution in [-0.2, 0) is 4.79 Å². The zero-order chi connectivity index (χ0) is 16.1. The van der Waals surface area contributed by atoms with Crippen LogP contribution in [0.25, 0.3) is 0 Å². The number of carbonyl (C=O) groups excluding carboxylic acids is 1. The fourth-order valence-corrected chi connectivity index (χ4v) is 2.24. The van der Waals surface area contributed by atoms with Gasteiger partial charge in [-0.2, -0.15) is 0 Å². The summed E-state index contributed by atoms with van der Waals surface area (Å²) in [7, 11) is 0. The van der Waals surface area contributed by atoms with Gasteiger partial charge in [-0.25, -0.2) is 4.79 Å². The Hall–Kier alpha value is -2.05. The van der Waals surface area contributed by atoms with Gasteiger partial charge in [-0.3, -0.25) is 4.79 Å². The highest BCUT2D eigenvalue weighted by Crippen LogP contribution is 2.21. The average Bonchev–Trinajstić information content (AvgIpc) is 2.47. The molecule has 2 rings (SSSR count). The molecule has 0 unspecified atom stereocenters. The molecule has 0 heterocycles. The minimum absolute atomic E-state index is 0.0803. The minimum Gasteiger partial charge on any atom is -0.484 e. The van der Waals surface area contributed by atoms with Gasteiger partial charge < -0.3 is 15.2 Å². The number of ether oxygens (including phenoxy) is 1. The molecule has 0 aliphatic rings. The summed E-state index contributed by atoms with van der Waals surface area (Å²) in [6, 6.07) is 11.2. The van der Waals surface area contributed by atoms with Crippen molar-refractivity contribution in [3.05, 3.63) is 57.5 Å². The van der Waals surface area contributed by atoms with Crippen LogP contribution in [0.4, 0.5) is 5.69 Å². The molecular formula is C15H11BrClNO4. The lowest BCUT2D eigenvalue weighted by Crippen LogP contribution is -2.21. The highest BCUT2D eigenvalue weighted by molar-refractivity contribution is 9.10. The molecule has 0 aliphatic heterocycles. The molecule has 2 aromatic rings. The van der Waals surface area contributed by atoms with Crippen molar-refractivity contribution in [3.63, 3.8) is 0 Å². The van der Waals surface area contributed by atoms with Gasteiger partial charge in [-0.15, -0.1) is 0 Å². The fourth-order valence-electron chi connectivity index (χ4n) is 1.69. The van der Waals surface area contributed by atoms with Crippen LogP contribution in [0.1, 0.15) is 10.4 Å². The summed E-state index contributed by atoms with van der Waals surface area (Å²) in [5, 5.41) is 11.9. The lowest BCUT2D eigenvalue weighted by molar-refractivity contribution is -0.118. The third-order valence-electron chi connectivity index (χ3n) is 2.65. The van der Waals surface area contributed by atoms with Gasteiger partial charge in [0.25, 0.3) is 5.91 Å². The molecular weight excluding hydrogens is 374 g/mol. The topological polar surface area (TPSA) is 75.6 Å². The van der Waals surface area contributed by atoms with E-state index in [-0.39, 0.29) is 22.9 Å². The SMILES string of the molecule is O=C(COc1cccc(Br)c1)Nc1ccc(Cl)cc1C(=O)O. The molecule has 5 nitrogen and oxygen atoms in total. The minimum atomic E-state index is -1.18. The second-order valence-corrected chi connectivity index (χ2v) is 5.64. The van der Waals surface area contributed by atoms with Crippen molar-refractivity contribution in [2.24, 2.45) is 0 Å². The number of carbonyl (C=O) groups is 2. The van der Waals surface area contributed by atoms with E-state index in [2.05, 4.69) is 21.2 Å². The van der Waals surface area contributed by atoms with Gasteiger partial charge in [0.1, 0.15) is 5.75 Å². The van der Waals surface area contributed by atoms with Crippen molar-refractivity contribution in [1.82, 2.24) is 0 Å². The number of carboxylic acids is 1. The Morgan fingerprint density at radius 3 is 2.68 bits per heavy atom. The number of anilines is 1. The van der Waals surface area contributed by atoms with Crippen LogP contribution < -0.4 is 10.1 Å². The first-order chi connectivity index (χ1) is 10.5. The highest BCUT2D eigenvalue weighted by atomic mass is 79.9. The van der Waals surface area contributed by atoms with E-state index in [1.54, 1.807) is 18.2 Å². The van der Waals surface area contributed by atoms with Crippen LogP contribution in [0.2, 0.25) is 5.02 Å². The summed E-state index contributed by atoms with van der Waals surface area (Å²) < 4.78 is 6.16. The van der Waals surface area contributed by atoms with E-state index in [9.17, 15) is 9.59 Å². The van der Waals surface area contributed by atoms with E-state index in [0.29, 0.717) is 5.75 Å². The number of benzene rings is 2. The van der Waals surface area contributed by atoms with Crippen molar-refractivity contribution in [2.45, 2.75) is 0 Å². The number of hydrogen-bond donors (Lipinski definition) is 2. The molecule has 2 N–H and O–H groups in total. The molecule has 1 amide bonds. The first-order valence-electron chi connectivity index (χ1n) is 6.17. The van der Waals surface area contributed by atoms with E-state index in [4.69, 9.17) is 21.4 Å².